The summed E-state index contributed by atoms with van der Waals surface area (Å²) < 4.78 is 0. The number of halogens is 3. The molecule has 1 unspecified atom stereocenters. The van der Waals surface area contributed by atoms with Crippen LogP contribution in [0, 0.1) is 0 Å². The minimum atomic E-state index is 0. The zero-order valence-corrected chi connectivity index (χ0v) is 15.2. The summed E-state index contributed by atoms with van der Waals surface area (Å²) in [6.07, 6.45) is 4.81. The maximum Gasteiger partial charge on any atom is 0.0473 e. The van der Waals surface area contributed by atoms with Crippen LogP contribution in [-0.4, -0.2) is 36.1 Å². The van der Waals surface area contributed by atoms with Gasteiger partial charge in [0.15, 0.2) is 0 Å². The second-order valence-corrected chi connectivity index (χ2v) is 5.86. The van der Waals surface area contributed by atoms with Gasteiger partial charge in [-0.3, -0.25) is 9.88 Å². The standard InChI is InChI=1S/C17H20ClN3.2ClH/c18-16-5-1-4-15(11-16)17-13-20-8-10-21(17)9-6-14-3-2-7-19-12-14;;/h1-5,7,11-12,17,20H,6,8-10,13H2;2*1H. The Bertz CT molecular complexity index is 580. The van der Waals surface area contributed by atoms with E-state index >= 15 is 0 Å². The first-order valence-corrected chi connectivity index (χ1v) is 7.80. The van der Waals surface area contributed by atoms with Gasteiger partial charge in [0.05, 0.1) is 0 Å². The Morgan fingerprint density at radius 3 is 2.83 bits per heavy atom. The molecule has 0 amide bonds. The summed E-state index contributed by atoms with van der Waals surface area (Å²) in [5.41, 5.74) is 2.58. The molecule has 0 radical (unpaired) electrons. The first-order chi connectivity index (χ1) is 10.3. The lowest BCUT2D eigenvalue weighted by atomic mass is 10.0. The van der Waals surface area contributed by atoms with Gasteiger partial charge < -0.3 is 5.32 Å². The van der Waals surface area contributed by atoms with Gasteiger partial charge in [0.2, 0.25) is 0 Å². The fourth-order valence-electron chi connectivity index (χ4n) is 2.88. The van der Waals surface area contributed by atoms with Crippen molar-refractivity contribution < 1.29 is 0 Å². The minimum absolute atomic E-state index is 0. The van der Waals surface area contributed by atoms with Crippen LogP contribution in [0.1, 0.15) is 17.2 Å². The van der Waals surface area contributed by atoms with Crippen LogP contribution in [0.3, 0.4) is 0 Å². The van der Waals surface area contributed by atoms with E-state index in [9.17, 15) is 0 Å². The molecule has 1 aromatic heterocycles. The van der Waals surface area contributed by atoms with Crippen molar-refractivity contribution >= 4 is 36.4 Å². The molecule has 23 heavy (non-hydrogen) atoms. The van der Waals surface area contributed by atoms with Crippen LogP contribution in [-0.2, 0) is 6.42 Å². The number of aromatic nitrogens is 1. The molecule has 1 fully saturated rings. The van der Waals surface area contributed by atoms with Gasteiger partial charge in [0.25, 0.3) is 0 Å². The van der Waals surface area contributed by atoms with E-state index in [1.165, 1.54) is 11.1 Å². The molecule has 3 nitrogen and oxygen atoms in total. The van der Waals surface area contributed by atoms with Crippen molar-refractivity contribution in [2.45, 2.75) is 12.5 Å². The summed E-state index contributed by atoms with van der Waals surface area (Å²) in [6, 6.07) is 12.8. The van der Waals surface area contributed by atoms with Gasteiger partial charge in [-0.1, -0.05) is 29.8 Å². The van der Waals surface area contributed by atoms with Crippen LogP contribution < -0.4 is 5.32 Å². The van der Waals surface area contributed by atoms with Crippen LogP contribution in [0.2, 0.25) is 5.02 Å². The highest BCUT2D eigenvalue weighted by Gasteiger charge is 2.23. The maximum absolute atomic E-state index is 6.14. The first-order valence-electron chi connectivity index (χ1n) is 7.42. The molecule has 126 valence electrons. The van der Waals surface area contributed by atoms with Crippen molar-refractivity contribution in [3.05, 3.63) is 64.9 Å². The zero-order valence-electron chi connectivity index (χ0n) is 12.8. The molecule has 1 N–H and O–H groups in total. The monoisotopic (exact) mass is 373 g/mol. The largest absolute Gasteiger partial charge is 0.314 e. The quantitative estimate of drug-likeness (QED) is 0.883. The number of benzene rings is 1. The summed E-state index contributed by atoms with van der Waals surface area (Å²) in [6.45, 7) is 4.14. The van der Waals surface area contributed by atoms with E-state index in [2.05, 4.69) is 33.4 Å². The highest BCUT2D eigenvalue weighted by atomic mass is 35.5. The number of piperazine rings is 1. The fraction of sp³-hybridized carbons (Fsp3) is 0.353. The Morgan fingerprint density at radius 2 is 2.09 bits per heavy atom. The second kappa shape index (κ2) is 10.1. The molecular formula is C17H22Cl3N3. The Kier molecular flexibility index (Phi) is 8.88. The normalized spacial score (nSPS) is 17.9. The highest BCUT2D eigenvalue weighted by Crippen LogP contribution is 2.24. The summed E-state index contributed by atoms with van der Waals surface area (Å²) in [5, 5.41) is 4.29. The first kappa shape index (κ1) is 20.2. The molecule has 1 aliphatic rings. The third-order valence-electron chi connectivity index (χ3n) is 4.00. The number of nitrogens with zero attached hydrogens (tertiary/aromatic N) is 2. The summed E-state index contributed by atoms with van der Waals surface area (Å²) in [5.74, 6) is 0. The van der Waals surface area contributed by atoms with Gasteiger partial charge in [0, 0.05) is 49.6 Å². The van der Waals surface area contributed by atoms with Crippen LogP contribution in [0.25, 0.3) is 0 Å². The molecular weight excluding hydrogens is 353 g/mol. The topological polar surface area (TPSA) is 28.2 Å². The fourth-order valence-corrected chi connectivity index (χ4v) is 3.07. The lowest BCUT2D eigenvalue weighted by Crippen LogP contribution is -2.46. The molecule has 0 saturated carbocycles. The van der Waals surface area contributed by atoms with Crippen LogP contribution >= 0.6 is 36.4 Å². The molecule has 0 spiro atoms. The number of hydrogen-bond acceptors (Lipinski definition) is 3. The summed E-state index contributed by atoms with van der Waals surface area (Å²) >= 11 is 6.14. The molecule has 1 aliphatic heterocycles. The average Bonchev–Trinajstić information content (AvgIpc) is 2.54. The molecule has 1 atom stereocenters. The van der Waals surface area contributed by atoms with Crippen molar-refractivity contribution in [2.75, 3.05) is 26.2 Å². The molecule has 0 aliphatic carbocycles. The van der Waals surface area contributed by atoms with E-state index in [0.29, 0.717) is 6.04 Å². The maximum atomic E-state index is 6.14. The Morgan fingerprint density at radius 1 is 1.22 bits per heavy atom. The van der Waals surface area contributed by atoms with E-state index in [1.54, 1.807) is 0 Å². The minimum Gasteiger partial charge on any atom is -0.314 e. The van der Waals surface area contributed by atoms with Crippen molar-refractivity contribution in [1.82, 2.24) is 15.2 Å². The number of hydrogen-bond donors (Lipinski definition) is 1. The van der Waals surface area contributed by atoms with Crippen molar-refractivity contribution in [3.63, 3.8) is 0 Å². The van der Waals surface area contributed by atoms with Gasteiger partial charge >= 0.3 is 0 Å². The summed E-state index contributed by atoms with van der Waals surface area (Å²) in [7, 11) is 0. The van der Waals surface area contributed by atoms with Gasteiger partial charge in [-0.25, -0.2) is 0 Å². The van der Waals surface area contributed by atoms with E-state index in [4.69, 9.17) is 11.6 Å². The third kappa shape index (κ3) is 5.63. The zero-order chi connectivity index (χ0) is 14.5. The van der Waals surface area contributed by atoms with Gasteiger partial charge in [-0.2, -0.15) is 0 Å². The summed E-state index contributed by atoms with van der Waals surface area (Å²) in [4.78, 5) is 6.73. The predicted octanol–water partition coefficient (Wildman–Crippen LogP) is 3.77. The number of nitrogens with one attached hydrogen (secondary N) is 1. The van der Waals surface area contributed by atoms with Crippen molar-refractivity contribution in [3.8, 4) is 0 Å². The van der Waals surface area contributed by atoms with Crippen molar-refractivity contribution in [1.29, 1.82) is 0 Å². The van der Waals surface area contributed by atoms with E-state index in [0.717, 1.165) is 37.6 Å². The molecule has 3 rings (SSSR count). The van der Waals surface area contributed by atoms with Crippen molar-refractivity contribution in [2.24, 2.45) is 0 Å². The Hall–Kier alpha value is -0.840. The van der Waals surface area contributed by atoms with Gasteiger partial charge in [-0.15, -0.1) is 24.8 Å². The van der Waals surface area contributed by atoms with E-state index < -0.39 is 0 Å². The van der Waals surface area contributed by atoms with Crippen LogP contribution in [0.4, 0.5) is 0 Å². The SMILES string of the molecule is Cl.Cl.Clc1cccc(C2CNCCN2CCc2cccnc2)c1. The second-order valence-electron chi connectivity index (χ2n) is 5.42. The average molecular weight is 375 g/mol. The number of pyridine rings is 1. The van der Waals surface area contributed by atoms with Gasteiger partial charge in [0.1, 0.15) is 0 Å². The molecule has 0 bridgehead atoms. The number of rotatable bonds is 4. The van der Waals surface area contributed by atoms with Crippen LogP contribution in [0.15, 0.2) is 48.8 Å². The van der Waals surface area contributed by atoms with E-state index in [1.807, 2.05) is 30.6 Å². The molecule has 2 aromatic rings. The molecule has 1 aromatic carbocycles. The highest BCUT2D eigenvalue weighted by molar-refractivity contribution is 6.30. The molecule has 6 heteroatoms. The lowest BCUT2D eigenvalue weighted by molar-refractivity contribution is 0.164. The smallest absolute Gasteiger partial charge is 0.0473 e. The lowest BCUT2D eigenvalue weighted by Gasteiger charge is -2.36. The van der Waals surface area contributed by atoms with Crippen LogP contribution in [0.5, 0.6) is 0 Å². The molecule has 2 heterocycles. The van der Waals surface area contributed by atoms with E-state index in [-0.39, 0.29) is 24.8 Å². The van der Waals surface area contributed by atoms with Gasteiger partial charge in [-0.05, 0) is 35.7 Å². The predicted molar refractivity (Wildman–Crippen MR) is 101 cm³/mol. The molecule has 1 saturated heterocycles. The third-order valence-corrected chi connectivity index (χ3v) is 4.23. The Labute approximate surface area is 155 Å². The Balaban J connectivity index is 0.00000132.